The molecular formula is C18H24N2O. The maximum absolute atomic E-state index is 5.81. The molecule has 112 valence electrons. The van der Waals surface area contributed by atoms with Gasteiger partial charge < -0.3 is 4.74 Å². The number of methoxy groups -OCH3 is 1. The van der Waals surface area contributed by atoms with Crippen molar-refractivity contribution in [1.82, 2.24) is 5.43 Å². The Bertz CT molecular complexity index is 623. The molecule has 0 aromatic heterocycles. The van der Waals surface area contributed by atoms with Crippen molar-refractivity contribution in [3.8, 4) is 5.75 Å². The number of ether oxygens (including phenoxy) is 1. The second-order valence-electron chi connectivity index (χ2n) is 5.53. The van der Waals surface area contributed by atoms with Gasteiger partial charge in [-0.05, 0) is 61.1 Å². The molecule has 0 aliphatic carbocycles. The molecular weight excluding hydrogens is 260 g/mol. The van der Waals surface area contributed by atoms with Gasteiger partial charge in [0.2, 0.25) is 0 Å². The Hall–Kier alpha value is -1.84. The number of para-hydroxylation sites is 1. The van der Waals surface area contributed by atoms with Crippen molar-refractivity contribution in [2.45, 2.75) is 33.2 Å². The van der Waals surface area contributed by atoms with Gasteiger partial charge >= 0.3 is 0 Å². The third kappa shape index (κ3) is 3.43. The van der Waals surface area contributed by atoms with E-state index in [9.17, 15) is 0 Å². The van der Waals surface area contributed by atoms with Crippen LogP contribution in [0.5, 0.6) is 5.75 Å². The molecule has 3 N–H and O–H groups in total. The Kier molecular flexibility index (Phi) is 4.99. The third-order valence-corrected chi connectivity index (χ3v) is 4.08. The maximum atomic E-state index is 5.81. The van der Waals surface area contributed by atoms with Crippen LogP contribution >= 0.6 is 0 Å². The summed E-state index contributed by atoms with van der Waals surface area (Å²) in [4.78, 5) is 0. The summed E-state index contributed by atoms with van der Waals surface area (Å²) in [5.74, 6) is 6.71. The number of nitrogens with two attached hydrogens (primary N) is 1. The number of aryl methyl sites for hydroxylation is 3. The van der Waals surface area contributed by atoms with E-state index in [2.05, 4.69) is 44.4 Å². The van der Waals surface area contributed by atoms with E-state index in [1.54, 1.807) is 7.11 Å². The van der Waals surface area contributed by atoms with Crippen LogP contribution in [-0.2, 0) is 6.42 Å². The van der Waals surface area contributed by atoms with E-state index in [0.717, 1.165) is 17.7 Å². The predicted octanol–water partition coefficient (Wildman–Crippen LogP) is 3.37. The van der Waals surface area contributed by atoms with Crippen LogP contribution in [0.25, 0.3) is 0 Å². The molecule has 0 bridgehead atoms. The number of hydrazine groups is 1. The molecule has 0 aliphatic heterocycles. The lowest BCUT2D eigenvalue weighted by Gasteiger charge is -2.21. The van der Waals surface area contributed by atoms with Crippen LogP contribution in [0.2, 0.25) is 0 Å². The Labute approximate surface area is 127 Å². The van der Waals surface area contributed by atoms with Crippen molar-refractivity contribution < 1.29 is 4.74 Å². The van der Waals surface area contributed by atoms with Crippen LogP contribution in [-0.4, -0.2) is 7.11 Å². The van der Waals surface area contributed by atoms with Gasteiger partial charge in [-0.2, -0.15) is 0 Å². The summed E-state index contributed by atoms with van der Waals surface area (Å²) < 4.78 is 5.43. The van der Waals surface area contributed by atoms with Gasteiger partial charge in [0.05, 0.1) is 13.2 Å². The van der Waals surface area contributed by atoms with E-state index in [0.29, 0.717) is 0 Å². The fraction of sp³-hybridized carbons (Fsp3) is 0.333. The van der Waals surface area contributed by atoms with Crippen molar-refractivity contribution in [2.75, 3.05) is 7.11 Å². The first-order valence-corrected chi connectivity index (χ1v) is 7.22. The van der Waals surface area contributed by atoms with E-state index in [4.69, 9.17) is 10.6 Å². The minimum absolute atomic E-state index is 0.0700. The summed E-state index contributed by atoms with van der Waals surface area (Å²) in [6.45, 7) is 6.40. The molecule has 0 aliphatic rings. The van der Waals surface area contributed by atoms with Crippen LogP contribution in [0, 0.1) is 20.8 Å². The second-order valence-corrected chi connectivity index (χ2v) is 5.53. The van der Waals surface area contributed by atoms with Crippen LogP contribution in [0.15, 0.2) is 36.4 Å². The Morgan fingerprint density at radius 2 is 1.71 bits per heavy atom. The highest BCUT2D eigenvalue weighted by atomic mass is 16.5. The number of hydrogen-bond acceptors (Lipinski definition) is 3. The molecule has 0 fully saturated rings. The minimum Gasteiger partial charge on any atom is -0.496 e. The zero-order valence-corrected chi connectivity index (χ0v) is 13.2. The molecule has 21 heavy (non-hydrogen) atoms. The normalized spacial score (nSPS) is 12.2. The summed E-state index contributed by atoms with van der Waals surface area (Å²) in [6, 6.07) is 12.6. The Morgan fingerprint density at radius 3 is 2.38 bits per heavy atom. The Morgan fingerprint density at radius 1 is 1.05 bits per heavy atom. The standard InChI is InChI=1S/C18H24N2O/c1-12-9-14(3)16(10-13(12)2)17(20-19)11-15-7-5-6-8-18(15)21-4/h5-10,17,20H,11,19H2,1-4H3. The summed E-state index contributed by atoms with van der Waals surface area (Å²) in [5, 5.41) is 0. The molecule has 2 aromatic carbocycles. The Balaban J connectivity index is 2.34. The fourth-order valence-electron chi connectivity index (χ4n) is 2.71. The average Bonchev–Trinajstić information content (AvgIpc) is 2.49. The van der Waals surface area contributed by atoms with Crippen molar-refractivity contribution >= 4 is 0 Å². The minimum atomic E-state index is 0.0700. The fourth-order valence-corrected chi connectivity index (χ4v) is 2.71. The van der Waals surface area contributed by atoms with E-state index < -0.39 is 0 Å². The molecule has 2 aromatic rings. The molecule has 0 radical (unpaired) electrons. The number of hydrogen-bond donors (Lipinski definition) is 2. The lowest BCUT2D eigenvalue weighted by Crippen LogP contribution is -2.30. The van der Waals surface area contributed by atoms with E-state index in [1.807, 2.05) is 18.2 Å². The highest BCUT2D eigenvalue weighted by Crippen LogP contribution is 2.27. The highest BCUT2D eigenvalue weighted by molar-refractivity contribution is 5.40. The first kappa shape index (κ1) is 15.5. The SMILES string of the molecule is COc1ccccc1CC(NN)c1cc(C)c(C)cc1C. The zero-order valence-electron chi connectivity index (χ0n) is 13.2. The average molecular weight is 284 g/mol. The van der Waals surface area contributed by atoms with Crippen LogP contribution in [0.4, 0.5) is 0 Å². The number of benzene rings is 2. The number of rotatable bonds is 5. The van der Waals surface area contributed by atoms with Crippen molar-refractivity contribution in [2.24, 2.45) is 5.84 Å². The van der Waals surface area contributed by atoms with Gasteiger partial charge in [-0.25, -0.2) is 0 Å². The highest BCUT2D eigenvalue weighted by Gasteiger charge is 2.16. The van der Waals surface area contributed by atoms with Crippen molar-refractivity contribution in [3.63, 3.8) is 0 Å². The molecule has 3 heteroatoms. The predicted molar refractivity (Wildman–Crippen MR) is 87.4 cm³/mol. The van der Waals surface area contributed by atoms with Crippen LogP contribution in [0.1, 0.15) is 33.9 Å². The lowest BCUT2D eigenvalue weighted by atomic mass is 9.92. The maximum Gasteiger partial charge on any atom is 0.122 e. The molecule has 0 amide bonds. The van der Waals surface area contributed by atoms with Gasteiger partial charge in [-0.15, -0.1) is 0 Å². The van der Waals surface area contributed by atoms with Gasteiger partial charge in [-0.3, -0.25) is 11.3 Å². The first-order chi connectivity index (χ1) is 10.1. The lowest BCUT2D eigenvalue weighted by molar-refractivity contribution is 0.405. The van der Waals surface area contributed by atoms with Gasteiger partial charge in [-0.1, -0.05) is 30.3 Å². The summed E-state index contributed by atoms with van der Waals surface area (Å²) in [6.07, 6.45) is 0.795. The number of nitrogens with one attached hydrogen (secondary N) is 1. The first-order valence-electron chi connectivity index (χ1n) is 7.22. The van der Waals surface area contributed by atoms with Gasteiger partial charge in [0.1, 0.15) is 5.75 Å². The van der Waals surface area contributed by atoms with Gasteiger partial charge in [0.25, 0.3) is 0 Å². The zero-order chi connectivity index (χ0) is 15.4. The van der Waals surface area contributed by atoms with Crippen LogP contribution < -0.4 is 16.0 Å². The van der Waals surface area contributed by atoms with Crippen molar-refractivity contribution in [3.05, 3.63) is 64.2 Å². The molecule has 0 heterocycles. The molecule has 0 saturated heterocycles. The van der Waals surface area contributed by atoms with Gasteiger partial charge in [0, 0.05) is 0 Å². The summed E-state index contributed by atoms with van der Waals surface area (Å²) in [5.41, 5.74) is 9.20. The largest absolute Gasteiger partial charge is 0.496 e. The molecule has 2 rings (SSSR count). The molecule has 0 spiro atoms. The quantitative estimate of drug-likeness (QED) is 0.653. The van der Waals surface area contributed by atoms with E-state index in [1.165, 1.54) is 22.3 Å². The molecule has 3 nitrogen and oxygen atoms in total. The summed E-state index contributed by atoms with van der Waals surface area (Å²) in [7, 11) is 1.70. The van der Waals surface area contributed by atoms with Crippen molar-refractivity contribution in [1.29, 1.82) is 0 Å². The molecule has 0 saturated carbocycles. The van der Waals surface area contributed by atoms with E-state index >= 15 is 0 Å². The third-order valence-electron chi connectivity index (χ3n) is 4.08. The van der Waals surface area contributed by atoms with E-state index in [-0.39, 0.29) is 6.04 Å². The summed E-state index contributed by atoms with van der Waals surface area (Å²) >= 11 is 0. The van der Waals surface area contributed by atoms with Crippen LogP contribution in [0.3, 0.4) is 0 Å². The van der Waals surface area contributed by atoms with Gasteiger partial charge in [0.15, 0.2) is 0 Å². The molecule has 1 atom stereocenters. The second kappa shape index (κ2) is 6.74. The monoisotopic (exact) mass is 284 g/mol. The topological polar surface area (TPSA) is 47.3 Å². The molecule has 1 unspecified atom stereocenters. The smallest absolute Gasteiger partial charge is 0.122 e.